The van der Waals surface area contributed by atoms with Gasteiger partial charge in [-0.2, -0.15) is 0 Å². The minimum Gasteiger partial charge on any atom is -0.355 e. The van der Waals surface area contributed by atoms with Crippen LogP contribution in [-0.2, 0) is 11.2 Å². The van der Waals surface area contributed by atoms with Gasteiger partial charge in [0.1, 0.15) is 5.82 Å². The summed E-state index contributed by atoms with van der Waals surface area (Å²) in [6.45, 7) is 0.800. The molecule has 1 N–H and O–H groups in total. The zero-order chi connectivity index (χ0) is 19.8. The van der Waals surface area contributed by atoms with Crippen LogP contribution in [0.2, 0.25) is 0 Å². The third-order valence-electron chi connectivity index (χ3n) is 4.59. The molecule has 2 aromatic carbocycles. The number of nitrogens with one attached hydrogen (secondary N) is 1. The van der Waals surface area contributed by atoms with Crippen molar-refractivity contribution in [1.82, 2.24) is 15.2 Å². The van der Waals surface area contributed by atoms with Crippen LogP contribution in [0.25, 0.3) is 0 Å². The second kappa shape index (κ2) is 9.76. The lowest BCUT2D eigenvalue weighted by molar-refractivity contribution is -0.122. The molecule has 0 fully saturated rings. The van der Waals surface area contributed by atoms with Gasteiger partial charge >= 0.3 is 0 Å². The summed E-state index contributed by atoms with van der Waals surface area (Å²) in [6.07, 6.45) is 4.28. The number of rotatable bonds is 8. The van der Waals surface area contributed by atoms with E-state index in [0.29, 0.717) is 6.54 Å². The summed E-state index contributed by atoms with van der Waals surface area (Å²) in [5, 5.41) is 2.96. The average molecular weight is 377 g/mol. The van der Waals surface area contributed by atoms with Crippen LogP contribution in [-0.4, -0.2) is 35.9 Å². The van der Waals surface area contributed by atoms with Crippen molar-refractivity contribution in [2.24, 2.45) is 0 Å². The Morgan fingerprint density at radius 2 is 1.75 bits per heavy atom. The summed E-state index contributed by atoms with van der Waals surface area (Å²) in [6, 6.07) is 20.1. The molecule has 3 rings (SSSR count). The number of nitrogens with zero attached hydrogens (tertiary/aromatic N) is 2. The third-order valence-corrected chi connectivity index (χ3v) is 4.59. The molecule has 1 unspecified atom stereocenters. The molecule has 0 aliphatic heterocycles. The molecule has 1 atom stereocenters. The Morgan fingerprint density at radius 3 is 2.43 bits per heavy atom. The Labute approximate surface area is 165 Å². The van der Waals surface area contributed by atoms with Gasteiger partial charge in [0.05, 0.1) is 12.6 Å². The topological polar surface area (TPSA) is 45.2 Å². The Hall–Kier alpha value is -3.05. The molecule has 3 aromatic rings. The van der Waals surface area contributed by atoms with Crippen LogP contribution in [0.1, 0.15) is 22.7 Å². The van der Waals surface area contributed by atoms with E-state index >= 15 is 0 Å². The molecule has 5 heteroatoms. The Bertz CT molecular complexity index is 869. The maximum Gasteiger partial charge on any atom is 0.234 e. The lowest BCUT2D eigenvalue weighted by Crippen LogP contribution is -2.38. The molecule has 28 heavy (non-hydrogen) atoms. The molecular weight excluding hydrogens is 353 g/mol. The van der Waals surface area contributed by atoms with Crippen LogP contribution >= 0.6 is 0 Å². The Balaban J connectivity index is 1.64. The van der Waals surface area contributed by atoms with E-state index in [0.717, 1.165) is 23.1 Å². The fourth-order valence-electron chi connectivity index (χ4n) is 3.25. The predicted octanol–water partition coefficient (Wildman–Crippen LogP) is 3.60. The summed E-state index contributed by atoms with van der Waals surface area (Å²) in [4.78, 5) is 18.5. The number of halogens is 1. The van der Waals surface area contributed by atoms with Crippen LogP contribution in [0.5, 0.6) is 0 Å². The minimum absolute atomic E-state index is 0.0468. The molecule has 0 aliphatic carbocycles. The lowest BCUT2D eigenvalue weighted by atomic mass is 9.97. The molecular formula is C23H24FN3O. The molecule has 1 heterocycles. The number of benzene rings is 2. The fourth-order valence-corrected chi connectivity index (χ4v) is 3.25. The maximum atomic E-state index is 13.4. The van der Waals surface area contributed by atoms with E-state index in [1.54, 1.807) is 24.5 Å². The second-order valence-electron chi connectivity index (χ2n) is 6.74. The van der Waals surface area contributed by atoms with E-state index in [9.17, 15) is 9.18 Å². The SMILES string of the molecule is CN(CC(=O)NCCc1cccnc1)C(c1ccccc1)c1ccc(F)cc1. The Morgan fingerprint density at radius 1 is 1.04 bits per heavy atom. The largest absolute Gasteiger partial charge is 0.355 e. The molecule has 0 saturated heterocycles. The van der Waals surface area contributed by atoms with E-state index in [2.05, 4.69) is 10.3 Å². The van der Waals surface area contributed by atoms with Crippen LogP contribution in [0, 0.1) is 5.82 Å². The van der Waals surface area contributed by atoms with Crippen molar-refractivity contribution in [2.45, 2.75) is 12.5 Å². The summed E-state index contributed by atoms with van der Waals surface area (Å²) in [5.41, 5.74) is 3.09. The first-order valence-electron chi connectivity index (χ1n) is 9.30. The standard InChI is InChI=1S/C23H24FN3O/c1-27(17-22(28)26-15-13-18-6-5-14-25-16-18)23(19-7-3-2-4-8-19)20-9-11-21(24)12-10-20/h2-12,14,16,23H,13,15,17H2,1H3,(H,26,28). The summed E-state index contributed by atoms with van der Waals surface area (Å²) in [7, 11) is 1.90. The van der Waals surface area contributed by atoms with Gasteiger partial charge in [0.2, 0.25) is 5.91 Å². The van der Waals surface area contributed by atoms with Gasteiger partial charge in [-0.1, -0.05) is 48.5 Å². The summed E-state index contributed by atoms with van der Waals surface area (Å²) in [5.74, 6) is -0.319. The van der Waals surface area contributed by atoms with Gasteiger partial charge in [-0.3, -0.25) is 14.7 Å². The van der Waals surface area contributed by atoms with Gasteiger partial charge in [-0.25, -0.2) is 4.39 Å². The highest BCUT2D eigenvalue weighted by Crippen LogP contribution is 2.27. The highest BCUT2D eigenvalue weighted by atomic mass is 19.1. The number of likely N-dealkylation sites (N-methyl/N-ethyl adjacent to an activating group) is 1. The number of aromatic nitrogens is 1. The first-order valence-corrected chi connectivity index (χ1v) is 9.30. The van der Waals surface area contributed by atoms with Gasteiger partial charge in [-0.15, -0.1) is 0 Å². The average Bonchev–Trinajstić information content (AvgIpc) is 2.71. The molecule has 1 amide bonds. The first-order chi connectivity index (χ1) is 13.6. The highest BCUT2D eigenvalue weighted by molar-refractivity contribution is 5.78. The Kier molecular flexibility index (Phi) is 6.87. The van der Waals surface area contributed by atoms with Crippen LogP contribution < -0.4 is 5.32 Å². The van der Waals surface area contributed by atoms with E-state index in [-0.39, 0.29) is 24.3 Å². The quantitative estimate of drug-likeness (QED) is 0.652. The smallest absolute Gasteiger partial charge is 0.234 e. The van der Waals surface area contributed by atoms with Crippen molar-refractivity contribution >= 4 is 5.91 Å². The number of amides is 1. The summed E-state index contributed by atoms with van der Waals surface area (Å²) < 4.78 is 13.4. The van der Waals surface area contributed by atoms with Gasteiger partial charge < -0.3 is 5.32 Å². The molecule has 4 nitrogen and oxygen atoms in total. The summed E-state index contributed by atoms with van der Waals surface area (Å²) >= 11 is 0. The molecule has 0 bridgehead atoms. The zero-order valence-electron chi connectivity index (χ0n) is 15.9. The molecule has 1 aromatic heterocycles. The fraction of sp³-hybridized carbons (Fsp3) is 0.217. The molecule has 0 saturated carbocycles. The van der Waals surface area contributed by atoms with Crippen molar-refractivity contribution in [3.05, 3.63) is 102 Å². The minimum atomic E-state index is -0.272. The van der Waals surface area contributed by atoms with Crippen LogP contribution in [0.15, 0.2) is 79.1 Å². The van der Waals surface area contributed by atoms with Crippen molar-refractivity contribution in [2.75, 3.05) is 20.1 Å². The van der Waals surface area contributed by atoms with Crippen molar-refractivity contribution < 1.29 is 9.18 Å². The van der Waals surface area contributed by atoms with Gasteiger partial charge in [-0.05, 0) is 48.4 Å². The first kappa shape index (κ1) is 19.7. The maximum absolute atomic E-state index is 13.4. The number of carbonyl (C=O) groups is 1. The molecule has 0 aliphatic rings. The van der Waals surface area contributed by atoms with Gasteiger partial charge in [0.15, 0.2) is 0 Å². The van der Waals surface area contributed by atoms with Crippen molar-refractivity contribution in [3.63, 3.8) is 0 Å². The van der Waals surface area contributed by atoms with E-state index < -0.39 is 0 Å². The molecule has 0 spiro atoms. The van der Waals surface area contributed by atoms with Crippen LogP contribution in [0.3, 0.4) is 0 Å². The van der Waals surface area contributed by atoms with E-state index in [4.69, 9.17) is 0 Å². The predicted molar refractivity (Wildman–Crippen MR) is 108 cm³/mol. The second-order valence-corrected chi connectivity index (χ2v) is 6.74. The molecule has 144 valence electrons. The molecule has 0 radical (unpaired) electrons. The number of hydrogen-bond donors (Lipinski definition) is 1. The number of pyridine rings is 1. The van der Waals surface area contributed by atoms with Gasteiger partial charge in [0, 0.05) is 18.9 Å². The zero-order valence-corrected chi connectivity index (χ0v) is 15.9. The van der Waals surface area contributed by atoms with Crippen LogP contribution in [0.4, 0.5) is 4.39 Å². The highest BCUT2D eigenvalue weighted by Gasteiger charge is 2.21. The monoisotopic (exact) mass is 377 g/mol. The third kappa shape index (κ3) is 5.47. The van der Waals surface area contributed by atoms with Gasteiger partial charge in [0.25, 0.3) is 0 Å². The van der Waals surface area contributed by atoms with Crippen molar-refractivity contribution in [3.8, 4) is 0 Å². The van der Waals surface area contributed by atoms with Crippen molar-refractivity contribution in [1.29, 1.82) is 0 Å². The lowest BCUT2D eigenvalue weighted by Gasteiger charge is -2.28. The number of carbonyl (C=O) groups excluding carboxylic acids is 1. The normalized spacial score (nSPS) is 12.0. The van der Waals surface area contributed by atoms with E-state index in [1.165, 1.54) is 12.1 Å². The number of hydrogen-bond acceptors (Lipinski definition) is 3. The van der Waals surface area contributed by atoms with E-state index in [1.807, 2.05) is 54.4 Å².